The van der Waals surface area contributed by atoms with Crippen LogP contribution in [-0.2, 0) is 6.61 Å². The standard InChI is InChI=1S/C12H16BrNO/c1-9-3-2-6-14(9)12-5-4-10(8-15)7-11(12)13/h4-5,7,9,15H,2-3,6,8H2,1H3. The summed E-state index contributed by atoms with van der Waals surface area (Å²) in [5.74, 6) is 0. The van der Waals surface area contributed by atoms with Crippen molar-refractivity contribution < 1.29 is 5.11 Å². The van der Waals surface area contributed by atoms with E-state index in [0.29, 0.717) is 6.04 Å². The Morgan fingerprint density at radius 1 is 1.53 bits per heavy atom. The van der Waals surface area contributed by atoms with Gasteiger partial charge in [0.25, 0.3) is 0 Å². The summed E-state index contributed by atoms with van der Waals surface area (Å²) in [6.07, 6.45) is 2.55. The number of rotatable bonds is 2. The van der Waals surface area contributed by atoms with Gasteiger partial charge >= 0.3 is 0 Å². The lowest BCUT2D eigenvalue weighted by molar-refractivity contribution is 0.282. The molecule has 1 aromatic carbocycles. The number of halogens is 1. The van der Waals surface area contributed by atoms with Gasteiger partial charge in [-0.1, -0.05) is 6.07 Å². The lowest BCUT2D eigenvalue weighted by Crippen LogP contribution is -2.26. The van der Waals surface area contributed by atoms with Gasteiger partial charge < -0.3 is 10.0 Å². The minimum atomic E-state index is 0.106. The zero-order chi connectivity index (χ0) is 10.8. The van der Waals surface area contributed by atoms with Gasteiger partial charge in [-0.15, -0.1) is 0 Å². The molecule has 0 aliphatic carbocycles. The van der Waals surface area contributed by atoms with Gasteiger partial charge in [0.1, 0.15) is 0 Å². The molecule has 1 aliphatic heterocycles. The molecule has 82 valence electrons. The number of benzene rings is 1. The van der Waals surface area contributed by atoms with Gasteiger partial charge in [0.2, 0.25) is 0 Å². The molecule has 0 spiro atoms. The van der Waals surface area contributed by atoms with E-state index < -0.39 is 0 Å². The third kappa shape index (κ3) is 2.18. The Morgan fingerprint density at radius 3 is 2.87 bits per heavy atom. The van der Waals surface area contributed by atoms with Gasteiger partial charge in [0, 0.05) is 17.1 Å². The summed E-state index contributed by atoms with van der Waals surface area (Å²) in [5.41, 5.74) is 2.20. The Bertz CT molecular complexity index is 353. The Morgan fingerprint density at radius 2 is 2.33 bits per heavy atom. The van der Waals surface area contributed by atoms with E-state index in [1.54, 1.807) is 0 Å². The SMILES string of the molecule is CC1CCCN1c1ccc(CO)cc1Br. The van der Waals surface area contributed by atoms with Crippen LogP contribution >= 0.6 is 15.9 Å². The van der Waals surface area contributed by atoms with E-state index in [1.165, 1.54) is 18.5 Å². The Balaban J connectivity index is 2.28. The number of aliphatic hydroxyl groups is 1. The highest BCUT2D eigenvalue weighted by Gasteiger charge is 2.21. The molecule has 2 rings (SSSR count). The van der Waals surface area contributed by atoms with Crippen LogP contribution in [0, 0.1) is 0 Å². The second kappa shape index (κ2) is 4.54. The topological polar surface area (TPSA) is 23.5 Å². The first-order valence-electron chi connectivity index (χ1n) is 5.38. The Kier molecular flexibility index (Phi) is 3.32. The Hall–Kier alpha value is -0.540. The summed E-state index contributed by atoms with van der Waals surface area (Å²) in [7, 11) is 0. The van der Waals surface area contributed by atoms with Crippen molar-refractivity contribution in [3.8, 4) is 0 Å². The maximum atomic E-state index is 9.04. The minimum absolute atomic E-state index is 0.106. The lowest BCUT2D eigenvalue weighted by atomic mass is 10.2. The van der Waals surface area contributed by atoms with Crippen LogP contribution < -0.4 is 4.90 Å². The molecule has 0 aromatic heterocycles. The molecular weight excluding hydrogens is 254 g/mol. The summed E-state index contributed by atoms with van der Waals surface area (Å²) in [4.78, 5) is 2.42. The van der Waals surface area contributed by atoms with Gasteiger partial charge in [-0.25, -0.2) is 0 Å². The molecular formula is C12H16BrNO. The summed E-state index contributed by atoms with van der Waals surface area (Å²) in [6, 6.07) is 6.71. The molecule has 1 fully saturated rings. The van der Waals surface area contributed by atoms with E-state index in [4.69, 9.17) is 5.11 Å². The minimum Gasteiger partial charge on any atom is -0.392 e. The van der Waals surface area contributed by atoms with E-state index in [2.05, 4.69) is 33.8 Å². The zero-order valence-electron chi connectivity index (χ0n) is 8.91. The second-order valence-electron chi connectivity index (χ2n) is 4.13. The average Bonchev–Trinajstić information content (AvgIpc) is 2.64. The molecule has 15 heavy (non-hydrogen) atoms. The fourth-order valence-electron chi connectivity index (χ4n) is 2.17. The highest BCUT2D eigenvalue weighted by atomic mass is 79.9. The molecule has 0 radical (unpaired) electrons. The van der Waals surface area contributed by atoms with Gasteiger partial charge in [0.05, 0.1) is 12.3 Å². The van der Waals surface area contributed by atoms with E-state index in [9.17, 15) is 0 Å². The fraction of sp³-hybridized carbons (Fsp3) is 0.500. The van der Waals surface area contributed by atoms with Crippen molar-refractivity contribution in [2.45, 2.75) is 32.4 Å². The van der Waals surface area contributed by atoms with Crippen molar-refractivity contribution >= 4 is 21.6 Å². The summed E-state index contributed by atoms with van der Waals surface area (Å²) < 4.78 is 1.09. The summed E-state index contributed by atoms with van der Waals surface area (Å²) in [6.45, 7) is 3.51. The molecule has 1 aliphatic rings. The third-order valence-corrected chi connectivity index (χ3v) is 3.69. The van der Waals surface area contributed by atoms with Crippen molar-refractivity contribution in [3.05, 3.63) is 28.2 Å². The molecule has 2 nitrogen and oxygen atoms in total. The van der Waals surface area contributed by atoms with Crippen molar-refractivity contribution in [3.63, 3.8) is 0 Å². The number of aliphatic hydroxyl groups excluding tert-OH is 1. The highest BCUT2D eigenvalue weighted by molar-refractivity contribution is 9.10. The number of nitrogens with zero attached hydrogens (tertiary/aromatic N) is 1. The van der Waals surface area contributed by atoms with Gasteiger partial charge in [-0.2, -0.15) is 0 Å². The van der Waals surface area contributed by atoms with Crippen LogP contribution in [0.15, 0.2) is 22.7 Å². The fourth-order valence-corrected chi connectivity index (χ4v) is 2.83. The van der Waals surface area contributed by atoms with Crippen LogP contribution in [0.1, 0.15) is 25.3 Å². The van der Waals surface area contributed by atoms with Crippen LogP contribution in [-0.4, -0.2) is 17.7 Å². The molecule has 0 bridgehead atoms. The maximum Gasteiger partial charge on any atom is 0.0682 e. The second-order valence-corrected chi connectivity index (χ2v) is 4.98. The molecule has 0 saturated carbocycles. The zero-order valence-corrected chi connectivity index (χ0v) is 10.5. The number of hydrogen-bond acceptors (Lipinski definition) is 2. The quantitative estimate of drug-likeness (QED) is 0.893. The average molecular weight is 270 g/mol. The van der Waals surface area contributed by atoms with Crippen molar-refractivity contribution in [1.82, 2.24) is 0 Å². The first kappa shape index (κ1) is 11.0. The maximum absolute atomic E-state index is 9.04. The van der Waals surface area contributed by atoms with E-state index in [1.807, 2.05) is 12.1 Å². The number of hydrogen-bond donors (Lipinski definition) is 1. The first-order chi connectivity index (χ1) is 7.22. The number of anilines is 1. The molecule has 3 heteroatoms. The van der Waals surface area contributed by atoms with Crippen LogP contribution in [0.5, 0.6) is 0 Å². The Labute approximate surface area is 99.0 Å². The van der Waals surface area contributed by atoms with Crippen LogP contribution in [0.4, 0.5) is 5.69 Å². The smallest absolute Gasteiger partial charge is 0.0682 e. The van der Waals surface area contributed by atoms with E-state index in [0.717, 1.165) is 16.6 Å². The van der Waals surface area contributed by atoms with Crippen molar-refractivity contribution in [2.24, 2.45) is 0 Å². The monoisotopic (exact) mass is 269 g/mol. The largest absolute Gasteiger partial charge is 0.392 e. The molecule has 1 saturated heterocycles. The molecule has 1 unspecified atom stereocenters. The van der Waals surface area contributed by atoms with Crippen molar-refractivity contribution in [2.75, 3.05) is 11.4 Å². The first-order valence-corrected chi connectivity index (χ1v) is 6.17. The third-order valence-electron chi connectivity index (χ3n) is 3.06. The van der Waals surface area contributed by atoms with Crippen molar-refractivity contribution in [1.29, 1.82) is 0 Å². The predicted octanol–water partition coefficient (Wildman–Crippen LogP) is 2.93. The predicted molar refractivity (Wildman–Crippen MR) is 66.1 cm³/mol. The van der Waals surface area contributed by atoms with Gasteiger partial charge in [0.15, 0.2) is 0 Å². The molecule has 1 N–H and O–H groups in total. The lowest BCUT2D eigenvalue weighted by Gasteiger charge is -2.25. The van der Waals surface area contributed by atoms with Gasteiger partial charge in [-0.05, 0) is 53.4 Å². The van der Waals surface area contributed by atoms with Gasteiger partial charge in [-0.3, -0.25) is 0 Å². The van der Waals surface area contributed by atoms with Crippen LogP contribution in [0.3, 0.4) is 0 Å². The molecule has 0 amide bonds. The van der Waals surface area contributed by atoms with Crippen LogP contribution in [0.2, 0.25) is 0 Å². The molecule has 1 heterocycles. The summed E-state index contributed by atoms with van der Waals surface area (Å²) >= 11 is 3.57. The normalized spacial score (nSPS) is 21.0. The molecule has 1 atom stereocenters. The molecule has 1 aromatic rings. The van der Waals surface area contributed by atoms with E-state index >= 15 is 0 Å². The van der Waals surface area contributed by atoms with E-state index in [-0.39, 0.29) is 6.61 Å². The highest BCUT2D eigenvalue weighted by Crippen LogP contribution is 2.32. The van der Waals surface area contributed by atoms with Crippen LogP contribution in [0.25, 0.3) is 0 Å². The summed E-state index contributed by atoms with van der Waals surface area (Å²) in [5, 5.41) is 9.04.